The molecule has 8 heteroatoms. The van der Waals surface area contributed by atoms with E-state index < -0.39 is 0 Å². The lowest BCUT2D eigenvalue weighted by molar-refractivity contribution is 0.111. The van der Waals surface area contributed by atoms with E-state index in [0.717, 1.165) is 17.2 Å². The number of aromatic nitrogens is 3. The molecule has 0 unspecified atom stereocenters. The molecule has 3 aromatic heterocycles. The van der Waals surface area contributed by atoms with E-state index in [0.29, 0.717) is 61.1 Å². The van der Waals surface area contributed by atoms with Gasteiger partial charge in [0.05, 0.1) is 39.6 Å². The maximum Gasteiger partial charge on any atom is 0.224 e. The molecule has 0 aliphatic carbocycles. The zero-order chi connectivity index (χ0) is 25.2. The summed E-state index contributed by atoms with van der Waals surface area (Å²) in [7, 11) is 1.46. The number of hydrogen-bond acceptors (Lipinski definition) is 6. The van der Waals surface area contributed by atoms with E-state index >= 15 is 0 Å². The third kappa shape index (κ3) is 4.21. The summed E-state index contributed by atoms with van der Waals surface area (Å²) in [5.41, 5.74) is 5.52. The van der Waals surface area contributed by atoms with Crippen LogP contribution >= 0.6 is 23.2 Å². The first-order valence-corrected chi connectivity index (χ1v) is 11.6. The zero-order valence-corrected chi connectivity index (χ0v) is 20.4. The highest BCUT2D eigenvalue weighted by Gasteiger charge is 2.18. The number of halogens is 2. The fourth-order valence-electron chi connectivity index (χ4n) is 3.99. The van der Waals surface area contributed by atoms with Crippen LogP contribution in [0.4, 0.5) is 0 Å². The molecule has 0 saturated carbocycles. The second kappa shape index (κ2) is 9.85. The van der Waals surface area contributed by atoms with Gasteiger partial charge in [-0.05, 0) is 30.3 Å². The smallest absolute Gasteiger partial charge is 0.224 e. The zero-order valence-electron chi connectivity index (χ0n) is 18.9. The number of carbonyl (C=O) groups is 2. The van der Waals surface area contributed by atoms with Gasteiger partial charge in [-0.2, -0.15) is 0 Å². The Morgan fingerprint density at radius 1 is 0.833 bits per heavy atom. The summed E-state index contributed by atoms with van der Waals surface area (Å²) in [4.78, 5) is 35.7. The summed E-state index contributed by atoms with van der Waals surface area (Å²) < 4.78 is 5.24. The minimum atomic E-state index is 0.220. The van der Waals surface area contributed by atoms with Crippen LogP contribution < -0.4 is 4.74 Å². The van der Waals surface area contributed by atoms with E-state index in [2.05, 4.69) is 15.0 Å². The maximum atomic E-state index is 11.2. The van der Waals surface area contributed by atoms with E-state index in [1.54, 1.807) is 42.7 Å². The van der Waals surface area contributed by atoms with Crippen molar-refractivity contribution in [3.05, 3.63) is 94.2 Å². The third-order valence-corrected chi connectivity index (χ3v) is 6.57. The van der Waals surface area contributed by atoms with E-state index in [4.69, 9.17) is 27.9 Å². The average molecular weight is 514 g/mol. The van der Waals surface area contributed by atoms with Crippen LogP contribution in [-0.4, -0.2) is 34.6 Å². The molecule has 0 aliphatic heterocycles. The Morgan fingerprint density at radius 2 is 1.64 bits per heavy atom. The second-order valence-electron chi connectivity index (χ2n) is 7.90. The van der Waals surface area contributed by atoms with Gasteiger partial charge in [0.1, 0.15) is 6.29 Å². The standard InChI is InChI=1S/C28H17Cl2N3O3/c1-36-28-18(15-35)7-8-23(33-28)22-4-2-3-20(25(22)29)21-9-10-31-27(26(21)30)19-12-17-6-5-16(14-34)11-24(17)32-13-19/h2-15H,1H3. The van der Waals surface area contributed by atoms with Crippen molar-refractivity contribution >= 4 is 46.7 Å². The number of carbonyl (C=O) groups excluding carboxylic acids is 2. The number of benzene rings is 2. The van der Waals surface area contributed by atoms with Crippen LogP contribution in [0.1, 0.15) is 20.7 Å². The van der Waals surface area contributed by atoms with Crippen molar-refractivity contribution in [1.29, 1.82) is 0 Å². The van der Waals surface area contributed by atoms with Gasteiger partial charge in [-0.25, -0.2) is 4.98 Å². The van der Waals surface area contributed by atoms with Crippen molar-refractivity contribution in [3.8, 4) is 39.5 Å². The van der Waals surface area contributed by atoms with Gasteiger partial charge in [0.25, 0.3) is 0 Å². The minimum absolute atomic E-state index is 0.220. The predicted molar refractivity (Wildman–Crippen MR) is 141 cm³/mol. The van der Waals surface area contributed by atoms with Crippen LogP contribution in [0.25, 0.3) is 44.5 Å². The molecule has 0 saturated heterocycles. The van der Waals surface area contributed by atoms with Gasteiger partial charge in [0.2, 0.25) is 5.88 Å². The van der Waals surface area contributed by atoms with Crippen LogP contribution in [0.3, 0.4) is 0 Å². The van der Waals surface area contributed by atoms with E-state index in [1.165, 1.54) is 7.11 Å². The van der Waals surface area contributed by atoms with Crippen molar-refractivity contribution in [3.63, 3.8) is 0 Å². The second-order valence-corrected chi connectivity index (χ2v) is 8.65. The van der Waals surface area contributed by atoms with Crippen molar-refractivity contribution < 1.29 is 14.3 Å². The number of rotatable bonds is 6. The number of fused-ring (bicyclic) bond motifs is 1. The molecule has 0 N–H and O–H groups in total. The summed E-state index contributed by atoms with van der Waals surface area (Å²) >= 11 is 13.7. The number of hydrogen-bond donors (Lipinski definition) is 0. The van der Waals surface area contributed by atoms with Crippen molar-refractivity contribution in [2.24, 2.45) is 0 Å². The van der Waals surface area contributed by atoms with Gasteiger partial charge in [-0.1, -0.05) is 53.5 Å². The number of aldehydes is 2. The predicted octanol–water partition coefficient (Wildman–Crippen LogP) is 6.97. The minimum Gasteiger partial charge on any atom is -0.480 e. The highest BCUT2D eigenvalue weighted by atomic mass is 35.5. The van der Waals surface area contributed by atoms with Gasteiger partial charge < -0.3 is 4.74 Å². The largest absolute Gasteiger partial charge is 0.480 e. The Labute approximate surface area is 216 Å². The fraction of sp³-hybridized carbons (Fsp3) is 0.0357. The Kier molecular flexibility index (Phi) is 6.46. The summed E-state index contributed by atoms with van der Waals surface area (Å²) in [6.45, 7) is 0. The first-order chi connectivity index (χ1) is 17.5. The van der Waals surface area contributed by atoms with Crippen molar-refractivity contribution in [1.82, 2.24) is 15.0 Å². The van der Waals surface area contributed by atoms with E-state index in [-0.39, 0.29) is 5.88 Å². The van der Waals surface area contributed by atoms with Crippen molar-refractivity contribution in [2.45, 2.75) is 0 Å². The number of nitrogens with zero attached hydrogens (tertiary/aromatic N) is 3. The molecule has 3 heterocycles. The molecule has 0 atom stereocenters. The Balaban J connectivity index is 1.60. The Hall–Kier alpha value is -4.13. The fourth-order valence-corrected chi connectivity index (χ4v) is 4.63. The molecule has 176 valence electrons. The summed E-state index contributed by atoms with van der Waals surface area (Å²) in [6, 6.07) is 18.0. The monoisotopic (exact) mass is 513 g/mol. The molecule has 36 heavy (non-hydrogen) atoms. The number of methoxy groups -OCH3 is 1. The number of pyridine rings is 3. The summed E-state index contributed by atoms with van der Waals surface area (Å²) in [6.07, 6.45) is 4.82. The Morgan fingerprint density at radius 3 is 2.42 bits per heavy atom. The van der Waals surface area contributed by atoms with Crippen LogP contribution in [0.15, 0.2) is 73.1 Å². The highest BCUT2D eigenvalue weighted by molar-refractivity contribution is 6.39. The first kappa shape index (κ1) is 23.6. The lowest BCUT2D eigenvalue weighted by atomic mass is 9.99. The first-order valence-electron chi connectivity index (χ1n) is 10.8. The molecule has 5 aromatic rings. The SMILES string of the molecule is COc1nc(-c2cccc(-c3ccnc(-c4cnc5cc(C=O)ccc5c4)c3Cl)c2Cl)ccc1C=O. The molecule has 0 amide bonds. The van der Waals surface area contributed by atoms with E-state index in [1.807, 2.05) is 30.3 Å². The topological polar surface area (TPSA) is 82.0 Å². The van der Waals surface area contributed by atoms with Gasteiger partial charge in [-0.3, -0.25) is 19.6 Å². The molecule has 0 fully saturated rings. The Bertz CT molecular complexity index is 1650. The van der Waals surface area contributed by atoms with Crippen molar-refractivity contribution in [2.75, 3.05) is 7.11 Å². The molecule has 0 bridgehead atoms. The molecular weight excluding hydrogens is 497 g/mol. The van der Waals surface area contributed by atoms with Crippen LogP contribution in [-0.2, 0) is 0 Å². The molecule has 6 nitrogen and oxygen atoms in total. The van der Waals surface area contributed by atoms with Gasteiger partial charge >= 0.3 is 0 Å². The summed E-state index contributed by atoms with van der Waals surface area (Å²) in [5.74, 6) is 0.220. The normalized spacial score (nSPS) is 10.9. The molecule has 2 aromatic carbocycles. The molecule has 0 radical (unpaired) electrons. The molecule has 0 aliphatic rings. The van der Waals surface area contributed by atoms with Gasteiger partial charge in [-0.15, -0.1) is 0 Å². The van der Waals surface area contributed by atoms with Crippen LogP contribution in [0, 0.1) is 0 Å². The third-order valence-electron chi connectivity index (χ3n) is 5.78. The lowest BCUT2D eigenvalue weighted by Crippen LogP contribution is -1.96. The quantitative estimate of drug-likeness (QED) is 0.228. The van der Waals surface area contributed by atoms with Gasteiger partial charge in [0.15, 0.2) is 6.29 Å². The molecule has 0 spiro atoms. The average Bonchev–Trinajstić information content (AvgIpc) is 2.92. The van der Waals surface area contributed by atoms with Crippen LogP contribution in [0.5, 0.6) is 5.88 Å². The maximum absolute atomic E-state index is 11.2. The summed E-state index contributed by atoms with van der Waals surface area (Å²) in [5, 5.41) is 1.73. The molecule has 5 rings (SSSR count). The van der Waals surface area contributed by atoms with E-state index in [9.17, 15) is 9.59 Å². The van der Waals surface area contributed by atoms with Crippen LogP contribution in [0.2, 0.25) is 10.0 Å². The highest BCUT2D eigenvalue weighted by Crippen LogP contribution is 2.41. The van der Waals surface area contributed by atoms with Gasteiger partial charge in [0, 0.05) is 45.6 Å². The number of ether oxygens (including phenoxy) is 1. The lowest BCUT2D eigenvalue weighted by Gasteiger charge is -2.14. The molecular formula is C28H17Cl2N3O3.